The molecule has 0 unspecified atom stereocenters. The number of ether oxygens (including phenoxy) is 2. The van der Waals surface area contributed by atoms with Gasteiger partial charge in [0.25, 0.3) is 0 Å². The molecule has 0 bridgehead atoms. The SMILES string of the molecule is CCOC(=O)C(C)(C)CNC(=O)OC(C)(C)C. The minimum Gasteiger partial charge on any atom is -0.466 e. The maximum atomic E-state index is 11.5. The van der Waals surface area contributed by atoms with Crippen molar-refractivity contribution in [3.05, 3.63) is 0 Å². The first-order valence-corrected chi connectivity index (χ1v) is 5.72. The molecule has 17 heavy (non-hydrogen) atoms. The van der Waals surface area contributed by atoms with Crippen LogP contribution in [0.5, 0.6) is 0 Å². The predicted molar refractivity (Wildman–Crippen MR) is 64.7 cm³/mol. The summed E-state index contributed by atoms with van der Waals surface area (Å²) >= 11 is 0. The maximum Gasteiger partial charge on any atom is 0.407 e. The molecule has 5 heteroatoms. The van der Waals surface area contributed by atoms with Crippen LogP contribution in [0.2, 0.25) is 0 Å². The predicted octanol–water partition coefficient (Wildman–Crippen LogP) is 2.10. The third-order valence-electron chi connectivity index (χ3n) is 1.90. The molecule has 0 aromatic heterocycles. The lowest BCUT2D eigenvalue weighted by atomic mass is 9.94. The molecule has 1 amide bonds. The standard InChI is InChI=1S/C12H23NO4/c1-7-16-9(14)12(5,6)8-13-10(15)17-11(2,3)4/h7-8H2,1-6H3,(H,13,15). The van der Waals surface area contributed by atoms with E-state index in [4.69, 9.17) is 9.47 Å². The van der Waals surface area contributed by atoms with Gasteiger partial charge < -0.3 is 14.8 Å². The van der Waals surface area contributed by atoms with Crippen LogP contribution in [0.25, 0.3) is 0 Å². The number of amides is 1. The molecular formula is C12H23NO4. The molecular weight excluding hydrogens is 222 g/mol. The summed E-state index contributed by atoms with van der Waals surface area (Å²) in [4.78, 5) is 22.9. The van der Waals surface area contributed by atoms with Gasteiger partial charge in [-0.1, -0.05) is 0 Å². The lowest BCUT2D eigenvalue weighted by Gasteiger charge is -2.24. The van der Waals surface area contributed by atoms with Crippen LogP contribution in [0.3, 0.4) is 0 Å². The van der Waals surface area contributed by atoms with E-state index in [-0.39, 0.29) is 12.5 Å². The number of carbonyl (C=O) groups excluding carboxylic acids is 2. The second-order valence-corrected chi connectivity index (χ2v) is 5.46. The van der Waals surface area contributed by atoms with Crippen molar-refractivity contribution >= 4 is 12.1 Å². The van der Waals surface area contributed by atoms with Gasteiger partial charge in [0.15, 0.2) is 0 Å². The Morgan fingerprint density at radius 3 is 2.06 bits per heavy atom. The van der Waals surface area contributed by atoms with Crippen LogP contribution in [0.4, 0.5) is 4.79 Å². The monoisotopic (exact) mass is 245 g/mol. The van der Waals surface area contributed by atoms with Gasteiger partial charge in [0, 0.05) is 6.54 Å². The zero-order valence-corrected chi connectivity index (χ0v) is 11.5. The molecule has 0 aliphatic carbocycles. The van der Waals surface area contributed by atoms with Crippen molar-refractivity contribution in [3.63, 3.8) is 0 Å². The van der Waals surface area contributed by atoms with E-state index in [0.29, 0.717) is 6.61 Å². The highest BCUT2D eigenvalue weighted by Crippen LogP contribution is 2.16. The minimum absolute atomic E-state index is 0.181. The topological polar surface area (TPSA) is 64.6 Å². The number of hydrogen-bond donors (Lipinski definition) is 1. The summed E-state index contributed by atoms with van der Waals surface area (Å²) in [7, 11) is 0. The largest absolute Gasteiger partial charge is 0.466 e. The molecule has 0 fully saturated rings. The fourth-order valence-electron chi connectivity index (χ4n) is 1.01. The van der Waals surface area contributed by atoms with Gasteiger partial charge in [-0.2, -0.15) is 0 Å². The minimum atomic E-state index is -0.757. The van der Waals surface area contributed by atoms with Crippen molar-refractivity contribution < 1.29 is 19.1 Å². The highest BCUT2D eigenvalue weighted by molar-refractivity contribution is 5.77. The first-order chi connectivity index (χ1) is 7.58. The lowest BCUT2D eigenvalue weighted by molar-refractivity contribution is -0.153. The molecule has 0 spiro atoms. The number of nitrogens with one attached hydrogen (secondary N) is 1. The zero-order valence-electron chi connectivity index (χ0n) is 11.5. The molecule has 0 aromatic rings. The van der Waals surface area contributed by atoms with Crippen molar-refractivity contribution in [1.82, 2.24) is 5.32 Å². The molecule has 100 valence electrons. The summed E-state index contributed by atoms with van der Waals surface area (Å²) < 4.78 is 9.98. The third-order valence-corrected chi connectivity index (χ3v) is 1.90. The van der Waals surface area contributed by atoms with Crippen molar-refractivity contribution in [2.75, 3.05) is 13.2 Å². The summed E-state index contributed by atoms with van der Waals surface area (Å²) in [6, 6.07) is 0. The Labute approximate surface area is 103 Å². The molecule has 1 N–H and O–H groups in total. The van der Waals surface area contributed by atoms with Gasteiger partial charge in [-0.25, -0.2) is 4.79 Å². The van der Waals surface area contributed by atoms with Crippen LogP contribution in [0, 0.1) is 5.41 Å². The summed E-state index contributed by atoms with van der Waals surface area (Å²) in [6.07, 6.45) is -0.533. The van der Waals surface area contributed by atoms with Gasteiger partial charge in [-0.3, -0.25) is 4.79 Å². The van der Waals surface area contributed by atoms with Gasteiger partial charge >= 0.3 is 12.1 Å². The van der Waals surface area contributed by atoms with Gasteiger partial charge in [0.05, 0.1) is 12.0 Å². The first kappa shape index (κ1) is 15.7. The Bertz CT molecular complexity index is 279. The van der Waals surface area contributed by atoms with Crippen LogP contribution in [0.1, 0.15) is 41.5 Å². The Morgan fingerprint density at radius 2 is 1.65 bits per heavy atom. The summed E-state index contributed by atoms with van der Waals surface area (Å²) in [5.74, 6) is -0.337. The number of hydrogen-bond acceptors (Lipinski definition) is 4. The Balaban J connectivity index is 4.18. The van der Waals surface area contributed by atoms with Gasteiger partial charge in [0.2, 0.25) is 0 Å². The summed E-state index contributed by atoms with van der Waals surface area (Å²) in [5.41, 5.74) is -1.30. The smallest absolute Gasteiger partial charge is 0.407 e. The quantitative estimate of drug-likeness (QED) is 0.770. The van der Waals surface area contributed by atoms with Crippen molar-refractivity contribution in [1.29, 1.82) is 0 Å². The molecule has 0 atom stereocenters. The molecule has 0 aliphatic rings. The van der Waals surface area contributed by atoms with E-state index >= 15 is 0 Å². The number of alkyl carbamates (subject to hydrolysis) is 1. The van der Waals surface area contributed by atoms with Crippen LogP contribution < -0.4 is 5.32 Å². The fourth-order valence-corrected chi connectivity index (χ4v) is 1.01. The molecule has 0 heterocycles. The van der Waals surface area contributed by atoms with E-state index in [1.54, 1.807) is 41.5 Å². The molecule has 0 saturated heterocycles. The zero-order chi connectivity index (χ0) is 13.7. The second kappa shape index (κ2) is 5.89. The van der Waals surface area contributed by atoms with E-state index in [1.165, 1.54) is 0 Å². The lowest BCUT2D eigenvalue weighted by Crippen LogP contribution is -2.42. The molecule has 5 nitrogen and oxygen atoms in total. The number of carbonyl (C=O) groups is 2. The highest BCUT2D eigenvalue weighted by atomic mass is 16.6. The summed E-state index contributed by atoms with van der Waals surface area (Å²) in [6.45, 7) is 11.0. The van der Waals surface area contributed by atoms with Crippen LogP contribution >= 0.6 is 0 Å². The normalized spacial score (nSPS) is 11.9. The average molecular weight is 245 g/mol. The van der Waals surface area contributed by atoms with Crippen LogP contribution in [-0.2, 0) is 14.3 Å². The van der Waals surface area contributed by atoms with E-state index in [2.05, 4.69) is 5.32 Å². The van der Waals surface area contributed by atoms with Gasteiger partial charge in [-0.15, -0.1) is 0 Å². The average Bonchev–Trinajstić information content (AvgIpc) is 2.12. The van der Waals surface area contributed by atoms with E-state index < -0.39 is 17.1 Å². The summed E-state index contributed by atoms with van der Waals surface area (Å²) in [5, 5.41) is 2.56. The molecule has 0 rings (SSSR count). The van der Waals surface area contributed by atoms with E-state index in [1.807, 2.05) is 0 Å². The van der Waals surface area contributed by atoms with Crippen molar-refractivity contribution in [2.24, 2.45) is 5.41 Å². The van der Waals surface area contributed by atoms with E-state index in [0.717, 1.165) is 0 Å². The molecule has 0 aliphatic heterocycles. The van der Waals surface area contributed by atoms with Gasteiger partial charge in [0.1, 0.15) is 5.60 Å². The van der Waals surface area contributed by atoms with Gasteiger partial charge in [-0.05, 0) is 41.5 Å². The Hall–Kier alpha value is -1.26. The van der Waals surface area contributed by atoms with Crippen LogP contribution in [-0.4, -0.2) is 30.8 Å². The number of esters is 1. The highest BCUT2D eigenvalue weighted by Gasteiger charge is 2.30. The van der Waals surface area contributed by atoms with Crippen molar-refractivity contribution in [3.8, 4) is 0 Å². The maximum absolute atomic E-state index is 11.5. The Kier molecular flexibility index (Phi) is 5.45. The molecule has 0 aromatic carbocycles. The van der Waals surface area contributed by atoms with Crippen molar-refractivity contribution in [2.45, 2.75) is 47.1 Å². The van der Waals surface area contributed by atoms with Crippen LogP contribution in [0.15, 0.2) is 0 Å². The molecule has 0 radical (unpaired) electrons. The fraction of sp³-hybridized carbons (Fsp3) is 0.833. The number of rotatable bonds is 4. The van der Waals surface area contributed by atoms with E-state index in [9.17, 15) is 9.59 Å². The molecule has 0 saturated carbocycles. The third kappa shape index (κ3) is 6.81. The Morgan fingerprint density at radius 1 is 1.12 bits per heavy atom. The second-order valence-electron chi connectivity index (χ2n) is 5.46. The first-order valence-electron chi connectivity index (χ1n) is 5.72.